The van der Waals surface area contributed by atoms with Gasteiger partial charge in [0.1, 0.15) is 11.9 Å². The molecule has 0 fully saturated rings. The van der Waals surface area contributed by atoms with Crippen LogP contribution in [0, 0.1) is 0 Å². The summed E-state index contributed by atoms with van der Waals surface area (Å²) in [6.45, 7) is 2.07. The summed E-state index contributed by atoms with van der Waals surface area (Å²) in [6, 6.07) is 13.8. The molecule has 1 atom stereocenters. The number of rotatable bonds is 1. The van der Waals surface area contributed by atoms with E-state index in [-0.39, 0.29) is 11.7 Å². The van der Waals surface area contributed by atoms with Gasteiger partial charge in [0.2, 0.25) is 0 Å². The number of hydrogen-bond acceptors (Lipinski definition) is 4. The van der Waals surface area contributed by atoms with E-state index in [0.717, 1.165) is 33.7 Å². The number of imidazole rings is 1. The topological polar surface area (TPSA) is 43.6 Å². The summed E-state index contributed by atoms with van der Waals surface area (Å²) in [4.78, 5) is 18.1. The fourth-order valence-electron chi connectivity index (χ4n) is 3.30. The van der Waals surface area contributed by atoms with E-state index < -0.39 is 0 Å². The fourth-order valence-corrected chi connectivity index (χ4v) is 4.28. The van der Waals surface area contributed by atoms with Crippen molar-refractivity contribution in [2.75, 3.05) is 0 Å². The number of aromatic nitrogens is 2. The van der Waals surface area contributed by atoms with E-state index in [4.69, 9.17) is 4.74 Å². The Morgan fingerprint density at radius 3 is 3.08 bits per heavy atom. The number of nitrogens with zero attached hydrogens (tertiary/aromatic N) is 2. The Morgan fingerprint density at radius 1 is 1.29 bits per heavy atom. The quantitative estimate of drug-likeness (QED) is 0.538. The van der Waals surface area contributed by atoms with E-state index in [0.29, 0.717) is 4.53 Å². The summed E-state index contributed by atoms with van der Waals surface area (Å²) in [7, 11) is 0. The molecule has 1 aliphatic rings. The van der Waals surface area contributed by atoms with Crippen molar-refractivity contribution in [1.29, 1.82) is 0 Å². The molecule has 1 aliphatic heterocycles. The highest BCUT2D eigenvalue weighted by Crippen LogP contribution is 2.29. The Kier molecular flexibility index (Phi) is 2.82. The first kappa shape index (κ1) is 13.7. The monoisotopic (exact) mass is 334 g/mol. The maximum Gasteiger partial charge on any atom is 0.274 e. The van der Waals surface area contributed by atoms with Crippen LogP contribution in [-0.2, 0) is 6.42 Å². The zero-order valence-electron chi connectivity index (χ0n) is 13.0. The maximum absolute atomic E-state index is 12.8. The summed E-state index contributed by atoms with van der Waals surface area (Å²) in [5.41, 5.74) is 3.95. The van der Waals surface area contributed by atoms with E-state index in [1.807, 2.05) is 42.5 Å². The number of ether oxygens (including phenoxy) is 1. The molecule has 0 bridgehead atoms. The van der Waals surface area contributed by atoms with Crippen LogP contribution in [0.2, 0.25) is 0 Å². The molecule has 1 unspecified atom stereocenters. The minimum Gasteiger partial charge on any atom is -0.490 e. The van der Waals surface area contributed by atoms with Gasteiger partial charge in [0.05, 0.1) is 15.6 Å². The summed E-state index contributed by atoms with van der Waals surface area (Å²) < 4.78 is 8.14. The van der Waals surface area contributed by atoms with Crippen LogP contribution in [0.5, 0.6) is 5.75 Å². The van der Waals surface area contributed by atoms with Crippen LogP contribution < -0.4 is 14.8 Å². The predicted molar refractivity (Wildman–Crippen MR) is 95.9 cm³/mol. The summed E-state index contributed by atoms with van der Waals surface area (Å²) in [5, 5.41) is 0. The zero-order chi connectivity index (χ0) is 16.3. The molecule has 0 amide bonds. The van der Waals surface area contributed by atoms with Crippen LogP contribution in [0.25, 0.3) is 22.1 Å². The van der Waals surface area contributed by atoms with E-state index >= 15 is 0 Å². The van der Waals surface area contributed by atoms with Crippen molar-refractivity contribution in [3.8, 4) is 5.75 Å². The van der Waals surface area contributed by atoms with Gasteiger partial charge >= 0.3 is 0 Å². The fraction of sp³-hybridized carbons (Fsp3) is 0.158. The van der Waals surface area contributed by atoms with Gasteiger partial charge < -0.3 is 4.74 Å². The third-order valence-electron chi connectivity index (χ3n) is 4.36. The number of para-hydroxylation sites is 2. The van der Waals surface area contributed by atoms with Crippen LogP contribution in [0.4, 0.5) is 0 Å². The second-order valence-electron chi connectivity index (χ2n) is 6.13. The Hall–Kier alpha value is -2.66. The van der Waals surface area contributed by atoms with Crippen LogP contribution >= 0.6 is 11.3 Å². The van der Waals surface area contributed by atoms with Gasteiger partial charge in [-0.05, 0) is 48.4 Å². The predicted octanol–water partition coefficient (Wildman–Crippen LogP) is 2.78. The minimum atomic E-state index is -0.00573. The Morgan fingerprint density at radius 2 is 2.17 bits per heavy atom. The molecule has 3 heterocycles. The molecular formula is C19H14N2O2S. The van der Waals surface area contributed by atoms with Crippen molar-refractivity contribution >= 4 is 33.4 Å². The lowest BCUT2D eigenvalue weighted by molar-refractivity contribution is 0.254. The first-order valence-corrected chi connectivity index (χ1v) is 8.72. The molecule has 24 heavy (non-hydrogen) atoms. The van der Waals surface area contributed by atoms with Gasteiger partial charge in [-0.3, -0.25) is 4.79 Å². The standard InChI is InChI=1S/C19H14N2O2S/c1-11-8-13-9-12(6-7-16(13)23-11)10-17-18(22)21-15-5-3-2-4-14(15)20-19(21)24-17/h2-7,9-11H,8H2,1H3/b17-10+. The lowest BCUT2D eigenvalue weighted by Crippen LogP contribution is -2.22. The molecule has 0 saturated heterocycles. The van der Waals surface area contributed by atoms with Gasteiger partial charge in [0, 0.05) is 6.42 Å². The first-order valence-electron chi connectivity index (χ1n) is 7.90. The molecule has 5 heteroatoms. The Balaban J connectivity index is 1.69. The summed E-state index contributed by atoms with van der Waals surface area (Å²) >= 11 is 1.43. The number of hydrogen-bond donors (Lipinski definition) is 0. The molecule has 0 spiro atoms. The van der Waals surface area contributed by atoms with Crippen LogP contribution in [0.3, 0.4) is 0 Å². The maximum atomic E-state index is 12.8. The molecular weight excluding hydrogens is 320 g/mol. The van der Waals surface area contributed by atoms with Crippen LogP contribution in [0.1, 0.15) is 18.1 Å². The highest BCUT2D eigenvalue weighted by molar-refractivity contribution is 7.15. The molecule has 0 aliphatic carbocycles. The van der Waals surface area contributed by atoms with Crippen molar-refractivity contribution in [1.82, 2.24) is 9.38 Å². The smallest absolute Gasteiger partial charge is 0.274 e. The van der Waals surface area contributed by atoms with Crippen molar-refractivity contribution in [3.63, 3.8) is 0 Å². The second-order valence-corrected chi connectivity index (χ2v) is 7.14. The minimum absolute atomic E-state index is 0.00573. The molecule has 4 nitrogen and oxygen atoms in total. The SMILES string of the molecule is CC1Cc2cc(/C=c3/sc4nc5ccccc5n4c3=O)ccc2O1. The van der Waals surface area contributed by atoms with Gasteiger partial charge in [-0.15, -0.1) is 0 Å². The lowest BCUT2D eigenvalue weighted by Gasteiger charge is -2.01. The largest absolute Gasteiger partial charge is 0.490 e. The van der Waals surface area contributed by atoms with E-state index in [2.05, 4.69) is 18.0 Å². The molecule has 4 aromatic rings. The molecule has 0 N–H and O–H groups in total. The molecule has 0 radical (unpaired) electrons. The molecule has 5 rings (SSSR count). The van der Waals surface area contributed by atoms with Crippen LogP contribution in [-0.4, -0.2) is 15.5 Å². The molecule has 2 aromatic heterocycles. The van der Waals surface area contributed by atoms with E-state index in [1.54, 1.807) is 4.40 Å². The lowest BCUT2D eigenvalue weighted by atomic mass is 10.1. The van der Waals surface area contributed by atoms with Gasteiger partial charge in [-0.1, -0.05) is 29.5 Å². The average Bonchev–Trinajstić information content (AvgIpc) is 3.20. The molecule has 118 valence electrons. The van der Waals surface area contributed by atoms with Gasteiger partial charge in [-0.25, -0.2) is 9.38 Å². The van der Waals surface area contributed by atoms with Crippen LogP contribution in [0.15, 0.2) is 47.3 Å². The zero-order valence-corrected chi connectivity index (χ0v) is 13.8. The normalized spacial score (nSPS) is 17.5. The summed E-state index contributed by atoms with van der Waals surface area (Å²) in [6.07, 6.45) is 3.08. The van der Waals surface area contributed by atoms with Crippen molar-refractivity contribution < 1.29 is 4.74 Å². The van der Waals surface area contributed by atoms with Gasteiger partial charge in [0.15, 0.2) is 4.96 Å². The third-order valence-corrected chi connectivity index (χ3v) is 5.33. The number of thiazole rings is 1. The Bertz CT molecular complexity index is 1210. The number of fused-ring (bicyclic) bond motifs is 4. The highest BCUT2D eigenvalue weighted by atomic mass is 32.1. The third kappa shape index (κ3) is 1.98. The van der Waals surface area contributed by atoms with E-state index in [9.17, 15) is 4.79 Å². The van der Waals surface area contributed by atoms with E-state index in [1.165, 1.54) is 16.9 Å². The average molecular weight is 334 g/mol. The van der Waals surface area contributed by atoms with Crippen molar-refractivity contribution in [3.05, 3.63) is 68.5 Å². The van der Waals surface area contributed by atoms with Gasteiger partial charge in [-0.2, -0.15) is 0 Å². The Labute approximate surface area is 141 Å². The molecule has 0 saturated carbocycles. The second kappa shape index (κ2) is 4.92. The van der Waals surface area contributed by atoms with Crippen molar-refractivity contribution in [2.24, 2.45) is 0 Å². The first-order chi connectivity index (χ1) is 11.7. The summed E-state index contributed by atoms with van der Waals surface area (Å²) in [5.74, 6) is 0.953. The molecule has 2 aromatic carbocycles. The number of benzene rings is 2. The van der Waals surface area contributed by atoms with Gasteiger partial charge in [0.25, 0.3) is 5.56 Å². The highest BCUT2D eigenvalue weighted by Gasteiger charge is 2.18. The van der Waals surface area contributed by atoms with Crippen molar-refractivity contribution in [2.45, 2.75) is 19.4 Å².